The second-order valence-corrected chi connectivity index (χ2v) is 5.43. The van der Waals surface area contributed by atoms with Gasteiger partial charge >= 0.3 is 0 Å². The fourth-order valence-corrected chi connectivity index (χ4v) is 2.94. The van der Waals surface area contributed by atoms with Crippen molar-refractivity contribution in [2.75, 3.05) is 0 Å². The fourth-order valence-electron chi connectivity index (χ4n) is 1.93. The molecule has 0 saturated heterocycles. The van der Waals surface area contributed by atoms with Gasteiger partial charge in [-0.15, -0.1) is 10.2 Å². The number of aromatic nitrogens is 4. The van der Waals surface area contributed by atoms with Gasteiger partial charge in [-0.1, -0.05) is 23.5 Å². The van der Waals surface area contributed by atoms with Crippen LogP contribution in [0.3, 0.4) is 0 Å². The Morgan fingerprint density at radius 2 is 2.17 bits per heavy atom. The lowest BCUT2D eigenvalue weighted by atomic mass is 10.2. The van der Waals surface area contributed by atoms with Crippen molar-refractivity contribution in [3.8, 4) is 11.4 Å². The predicted molar refractivity (Wildman–Crippen MR) is 66.0 cm³/mol. The number of nitrogens with zero attached hydrogens (tertiary/aromatic N) is 4. The van der Waals surface area contributed by atoms with E-state index >= 15 is 0 Å². The van der Waals surface area contributed by atoms with Crippen LogP contribution in [0.1, 0.15) is 23.8 Å². The van der Waals surface area contributed by atoms with Crippen LogP contribution in [0.15, 0.2) is 24.3 Å². The third-order valence-corrected chi connectivity index (χ3v) is 4.08. The van der Waals surface area contributed by atoms with E-state index in [0.717, 1.165) is 9.97 Å². The van der Waals surface area contributed by atoms with Crippen LogP contribution >= 0.6 is 11.3 Å². The van der Waals surface area contributed by atoms with Crippen molar-refractivity contribution in [2.45, 2.75) is 18.8 Å². The molecule has 0 unspecified atom stereocenters. The maximum Gasteiger partial charge on any atom is 0.234 e. The zero-order valence-corrected chi connectivity index (χ0v) is 10.2. The summed E-state index contributed by atoms with van der Waals surface area (Å²) in [6.45, 7) is 0. The molecule has 1 fully saturated rings. The zero-order valence-electron chi connectivity index (χ0n) is 9.38. The Kier molecular flexibility index (Phi) is 2.02. The summed E-state index contributed by atoms with van der Waals surface area (Å²) >= 11 is 1.57. The molecule has 4 rings (SSSR count). The van der Waals surface area contributed by atoms with Crippen LogP contribution in [0.2, 0.25) is 0 Å². The van der Waals surface area contributed by atoms with Crippen molar-refractivity contribution in [3.05, 3.63) is 35.1 Å². The van der Waals surface area contributed by atoms with Crippen LogP contribution in [-0.2, 0) is 0 Å². The molecule has 0 radical (unpaired) electrons. The van der Waals surface area contributed by atoms with E-state index in [1.165, 1.54) is 25.0 Å². The number of hydrogen-bond donors (Lipinski definition) is 0. The molecular formula is C12H9FN4S. The van der Waals surface area contributed by atoms with Crippen LogP contribution in [-0.4, -0.2) is 19.8 Å². The molecule has 0 aliphatic heterocycles. The zero-order chi connectivity index (χ0) is 12.1. The molecule has 2 aromatic heterocycles. The number of rotatable bonds is 2. The van der Waals surface area contributed by atoms with Gasteiger partial charge in [0.25, 0.3) is 0 Å². The molecule has 3 aromatic rings. The van der Waals surface area contributed by atoms with E-state index < -0.39 is 0 Å². The van der Waals surface area contributed by atoms with Crippen molar-refractivity contribution in [3.63, 3.8) is 0 Å². The van der Waals surface area contributed by atoms with Crippen LogP contribution in [0.4, 0.5) is 4.39 Å². The van der Waals surface area contributed by atoms with Gasteiger partial charge in [-0.3, -0.25) is 0 Å². The summed E-state index contributed by atoms with van der Waals surface area (Å²) in [4.78, 5) is 0.774. The smallest absolute Gasteiger partial charge is 0.207 e. The van der Waals surface area contributed by atoms with E-state index in [4.69, 9.17) is 0 Å². The van der Waals surface area contributed by atoms with Crippen molar-refractivity contribution >= 4 is 16.3 Å². The molecule has 18 heavy (non-hydrogen) atoms. The molecule has 0 atom stereocenters. The summed E-state index contributed by atoms with van der Waals surface area (Å²) < 4.78 is 14.9. The summed E-state index contributed by atoms with van der Waals surface area (Å²) in [5.41, 5.74) is 0.704. The van der Waals surface area contributed by atoms with Gasteiger partial charge in [0.2, 0.25) is 4.96 Å². The van der Waals surface area contributed by atoms with Crippen molar-refractivity contribution in [1.82, 2.24) is 19.8 Å². The van der Waals surface area contributed by atoms with Gasteiger partial charge in [-0.05, 0) is 25.0 Å². The standard InChI is InChI=1S/C12H9FN4S/c13-9-3-1-2-8(6-9)10-14-15-12-17(10)16-11(18-12)7-4-5-7/h1-3,6-7H,4-5H2. The Labute approximate surface area is 106 Å². The van der Waals surface area contributed by atoms with Gasteiger partial charge in [0.15, 0.2) is 5.82 Å². The minimum atomic E-state index is -0.276. The number of fused-ring (bicyclic) bond motifs is 1. The topological polar surface area (TPSA) is 43.1 Å². The highest BCUT2D eigenvalue weighted by Gasteiger charge is 2.28. The van der Waals surface area contributed by atoms with E-state index in [1.54, 1.807) is 21.9 Å². The Morgan fingerprint density at radius 1 is 1.28 bits per heavy atom. The van der Waals surface area contributed by atoms with Crippen LogP contribution in [0.5, 0.6) is 0 Å². The summed E-state index contributed by atoms with van der Waals surface area (Å²) in [5, 5.41) is 13.8. The summed E-state index contributed by atoms with van der Waals surface area (Å²) in [6, 6.07) is 6.35. The summed E-state index contributed by atoms with van der Waals surface area (Å²) in [5.74, 6) is 0.923. The molecule has 0 N–H and O–H groups in total. The molecule has 2 heterocycles. The van der Waals surface area contributed by atoms with E-state index in [0.29, 0.717) is 17.3 Å². The molecule has 90 valence electrons. The molecule has 1 aliphatic carbocycles. The van der Waals surface area contributed by atoms with Crippen molar-refractivity contribution < 1.29 is 4.39 Å². The van der Waals surface area contributed by atoms with E-state index in [1.807, 2.05) is 6.07 Å². The quantitative estimate of drug-likeness (QED) is 0.711. The molecule has 6 heteroatoms. The van der Waals surface area contributed by atoms with Gasteiger partial charge < -0.3 is 0 Å². The SMILES string of the molecule is Fc1cccc(-c2nnc3sc(C4CC4)nn23)c1. The average Bonchev–Trinajstić information content (AvgIpc) is 3.00. The monoisotopic (exact) mass is 260 g/mol. The number of hydrogen-bond acceptors (Lipinski definition) is 4. The maximum atomic E-state index is 13.2. The lowest BCUT2D eigenvalue weighted by molar-refractivity contribution is 0.628. The molecule has 4 nitrogen and oxygen atoms in total. The first-order valence-corrected chi connectivity index (χ1v) is 6.61. The largest absolute Gasteiger partial charge is 0.234 e. The van der Waals surface area contributed by atoms with Gasteiger partial charge in [-0.2, -0.15) is 9.61 Å². The lowest BCUT2D eigenvalue weighted by Gasteiger charge is -1.96. The van der Waals surface area contributed by atoms with E-state index in [9.17, 15) is 4.39 Å². The highest BCUT2D eigenvalue weighted by molar-refractivity contribution is 7.16. The third kappa shape index (κ3) is 1.53. The predicted octanol–water partition coefficient (Wildman–Crippen LogP) is 2.87. The highest BCUT2D eigenvalue weighted by atomic mass is 32.1. The van der Waals surface area contributed by atoms with Crippen LogP contribution in [0.25, 0.3) is 16.3 Å². The normalized spacial score (nSPS) is 15.4. The summed E-state index contributed by atoms with van der Waals surface area (Å²) in [7, 11) is 0. The van der Waals surface area contributed by atoms with Crippen LogP contribution in [0, 0.1) is 5.82 Å². The maximum absolute atomic E-state index is 13.2. The molecule has 1 aromatic carbocycles. The number of halogens is 1. The van der Waals surface area contributed by atoms with Crippen molar-refractivity contribution in [2.24, 2.45) is 0 Å². The lowest BCUT2D eigenvalue weighted by Crippen LogP contribution is -1.92. The van der Waals surface area contributed by atoms with Gasteiger partial charge in [0.05, 0.1) is 0 Å². The fraction of sp³-hybridized carbons (Fsp3) is 0.250. The minimum Gasteiger partial charge on any atom is -0.207 e. The molecule has 1 saturated carbocycles. The first-order valence-electron chi connectivity index (χ1n) is 5.79. The summed E-state index contributed by atoms with van der Waals surface area (Å²) in [6.07, 6.45) is 2.42. The Morgan fingerprint density at radius 3 is 2.94 bits per heavy atom. The first-order chi connectivity index (χ1) is 8.81. The highest BCUT2D eigenvalue weighted by Crippen LogP contribution is 2.42. The second-order valence-electron chi connectivity index (χ2n) is 4.44. The third-order valence-electron chi connectivity index (χ3n) is 3.02. The second kappa shape index (κ2) is 3.58. The molecule has 1 aliphatic rings. The molecule has 0 amide bonds. The number of benzene rings is 1. The van der Waals surface area contributed by atoms with E-state index in [2.05, 4.69) is 15.3 Å². The first kappa shape index (κ1) is 10.1. The van der Waals surface area contributed by atoms with Gasteiger partial charge in [0.1, 0.15) is 10.8 Å². The van der Waals surface area contributed by atoms with Crippen LogP contribution < -0.4 is 0 Å². The molecule has 0 bridgehead atoms. The molecular weight excluding hydrogens is 251 g/mol. The molecule has 0 spiro atoms. The minimum absolute atomic E-state index is 0.276. The Balaban J connectivity index is 1.88. The van der Waals surface area contributed by atoms with E-state index in [-0.39, 0.29) is 5.82 Å². The average molecular weight is 260 g/mol. The van der Waals surface area contributed by atoms with Gasteiger partial charge in [-0.25, -0.2) is 4.39 Å². The Bertz CT molecular complexity index is 729. The van der Waals surface area contributed by atoms with Gasteiger partial charge in [0, 0.05) is 11.5 Å². The van der Waals surface area contributed by atoms with Crippen molar-refractivity contribution in [1.29, 1.82) is 0 Å². The Hall–Kier alpha value is -1.82.